The molecule has 4 rings (SSSR count). The Morgan fingerprint density at radius 3 is 2.50 bits per heavy atom. The van der Waals surface area contributed by atoms with Crippen molar-refractivity contribution >= 4 is 0 Å². The summed E-state index contributed by atoms with van der Waals surface area (Å²) in [6, 6.07) is 13.5. The molecule has 2 heterocycles. The molecule has 0 aliphatic carbocycles. The lowest BCUT2D eigenvalue weighted by atomic mass is 9.91. The standard InChI is InChI=1S/C18H18O4/c1-18(2)13-9-15-14(20-10-21-15)8-12(13)17(22-18)16(19)11-6-4-3-5-7-11/h3-9,16-17,19H,10H2,1-2H3/t16-,17-/m0/s1. The molecule has 2 aliphatic rings. The zero-order valence-corrected chi connectivity index (χ0v) is 12.6. The molecule has 22 heavy (non-hydrogen) atoms. The minimum Gasteiger partial charge on any atom is -0.454 e. The van der Waals surface area contributed by atoms with Crippen LogP contribution in [0.2, 0.25) is 0 Å². The first-order chi connectivity index (χ1) is 10.6. The highest BCUT2D eigenvalue weighted by Crippen LogP contribution is 2.52. The summed E-state index contributed by atoms with van der Waals surface area (Å²) in [7, 11) is 0. The zero-order chi connectivity index (χ0) is 15.3. The van der Waals surface area contributed by atoms with Gasteiger partial charge in [-0.05, 0) is 42.7 Å². The third-order valence-corrected chi connectivity index (χ3v) is 4.35. The Bertz CT molecular complexity index is 709. The molecule has 2 atom stereocenters. The van der Waals surface area contributed by atoms with E-state index in [4.69, 9.17) is 14.2 Å². The number of aliphatic hydroxyl groups is 1. The second kappa shape index (κ2) is 4.73. The summed E-state index contributed by atoms with van der Waals surface area (Å²) in [4.78, 5) is 0. The third kappa shape index (κ3) is 1.99. The fourth-order valence-electron chi connectivity index (χ4n) is 3.22. The molecule has 114 valence electrons. The molecule has 2 aromatic carbocycles. The van der Waals surface area contributed by atoms with Crippen molar-refractivity contribution in [1.29, 1.82) is 0 Å². The number of fused-ring (bicyclic) bond motifs is 2. The first-order valence-electron chi connectivity index (χ1n) is 7.41. The van der Waals surface area contributed by atoms with Gasteiger partial charge in [-0.15, -0.1) is 0 Å². The van der Waals surface area contributed by atoms with Crippen LogP contribution in [0.25, 0.3) is 0 Å². The largest absolute Gasteiger partial charge is 0.454 e. The molecule has 4 nitrogen and oxygen atoms in total. The first kappa shape index (κ1) is 13.6. The summed E-state index contributed by atoms with van der Waals surface area (Å²) in [6.07, 6.45) is -1.14. The summed E-state index contributed by atoms with van der Waals surface area (Å²) < 4.78 is 17.1. The van der Waals surface area contributed by atoms with Gasteiger partial charge in [0.2, 0.25) is 6.79 Å². The van der Waals surface area contributed by atoms with Gasteiger partial charge in [0.1, 0.15) is 12.2 Å². The molecule has 2 aromatic rings. The van der Waals surface area contributed by atoms with Crippen molar-refractivity contribution in [3.8, 4) is 11.5 Å². The van der Waals surface area contributed by atoms with E-state index in [1.807, 2.05) is 56.3 Å². The molecule has 0 spiro atoms. The topological polar surface area (TPSA) is 47.9 Å². The van der Waals surface area contributed by atoms with Crippen LogP contribution in [-0.2, 0) is 10.3 Å². The van der Waals surface area contributed by atoms with Crippen molar-refractivity contribution in [2.45, 2.75) is 31.7 Å². The fraction of sp³-hybridized carbons (Fsp3) is 0.333. The summed E-state index contributed by atoms with van der Waals surface area (Å²) in [5, 5.41) is 10.8. The maximum absolute atomic E-state index is 10.8. The second-order valence-electron chi connectivity index (χ2n) is 6.20. The number of hydrogen-bond donors (Lipinski definition) is 1. The maximum atomic E-state index is 10.8. The van der Waals surface area contributed by atoms with Crippen LogP contribution < -0.4 is 9.47 Å². The molecule has 0 radical (unpaired) electrons. The molecule has 0 saturated heterocycles. The van der Waals surface area contributed by atoms with E-state index in [9.17, 15) is 5.11 Å². The quantitative estimate of drug-likeness (QED) is 0.922. The molecular weight excluding hydrogens is 280 g/mol. The second-order valence-corrected chi connectivity index (χ2v) is 6.20. The van der Waals surface area contributed by atoms with Gasteiger partial charge in [0.25, 0.3) is 0 Å². The van der Waals surface area contributed by atoms with Gasteiger partial charge >= 0.3 is 0 Å². The highest BCUT2D eigenvalue weighted by molar-refractivity contribution is 5.53. The van der Waals surface area contributed by atoms with Gasteiger partial charge in [0.15, 0.2) is 11.5 Å². The monoisotopic (exact) mass is 298 g/mol. The van der Waals surface area contributed by atoms with Crippen molar-refractivity contribution in [2.75, 3.05) is 6.79 Å². The minimum absolute atomic E-state index is 0.241. The van der Waals surface area contributed by atoms with E-state index in [1.165, 1.54) is 0 Å². The zero-order valence-electron chi connectivity index (χ0n) is 12.6. The summed E-state index contributed by atoms with van der Waals surface area (Å²) in [5.74, 6) is 1.45. The van der Waals surface area contributed by atoms with Crippen molar-refractivity contribution < 1.29 is 19.3 Å². The van der Waals surface area contributed by atoms with Crippen molar-refractivity contribution in [2.24, 2.45) is 0 Å². The van der Waals surface area contributed by atoms with Crippen LogP contribution >= 0.6 is 0 Å². The van der Waals surface area contributed by atoms with Crippen molar-refractivity contribution in [1.82, 2.24) is 0 Å². The highest BCUT2D eigenvalue weighted by atomic mass is 16.7. The molecule has 0 bridgehead atoms. The molecule has 0 unspecified atom stereocenters. The third-order valence-electron chi connectivity index (χ3n) is 4.35. The number of ether oxygens (including phenoxy) is 3. The lowest BCUT2D eigenvalue weighted by Crippen LogP contribution is -2.18. The smallest absolute Gasteiger partial charge is 0.231 e. The van der Waals surface area contributed by atoms with E-state index >= 15 is 0 Å². The van der Waals surface area contributed by atoms with Gasteiger partial charge in [0, 0.05) is 0 Å². The van der Waals surface area contributed by atoms with Gasteiger partial charge < -0.3 is 19.3 Å². The van der Waals surface area contributed by atoms with E-state index < -0.39 is 17.8 Å². The van der Waals surface area contributed by atoms with E-state index in [0.717, 1.165) is 22.4 Å². The Morgan fingerprint density at radius 1 is 1.09 bits per heavy atom. The Morgan fingerprint density at radius 2 is 1.77 bits per heavy atom. The van der Waals surface area contributed by atoms with E-state index in [-0.39, 0.29) is 6.79 Å². The highest BCUT2D eigenvalue weighted by Gasteiger charge is 2.43. The SMILES string of the molecule is CC1(C)O[C@H]([C@@H](O)c2ccccc2)c2cc3c(cc21)OCO3. The molecule has 1 N–H and O–H groups in total. The Balaban J connectivity index is 1.79. The van der Waals surface area contributed by atoms with Crippen LogP contribution in [0, 0.1) is 0 Å². The molecule has 2 aliphatic heterocycles. The van der Waals surface area contributed by atoms with E-state index in [2.05, 4.69) is 0 Å². The van der Waals surface area contributed by atoms with Gasteiger partial charge in [-0.3, -0.25) is 0 Å². The average molecular weight is 298 g/mol. The molecule has 0 aromatic heterocycles. The molecule has 0 fully saturated rings. The van der Waals surface area contributed by atoms with Crippen molar-refractivity contribution in [3.05, 3.63) is 59.2 Å². The summed E-state index contributed by atoms with van der Waals surface area (Å²) in [5.41, 5.74) is 2.37. The minimum atomic E-state index is -0.720. The van der Waals surface area contributed by atoms with E-state index in [1.54, 1.807) is 0 Å². The summed E-state index contributed by atoms with van der Waals surface area (Å²) in [6.45, 7) is 4.25. The Labute approximate surface area is 129 Å². The number of benzene rings is 2. The lowest BCUT2D eigenvalue weighted by molar-refractivity contribution is -0.105. The van der Waals surface area contributed by atoms with Crippen molar-refractivity contribution in [3.63, 3.8) is 0 Å². The van der Waals surface area contributed by atoms with Crippen LogP contribution in [0.1, 0.15) is 42.7 Å². The van der Waals surface area contributed by atoms with Gasteiger partial charge in [0.05, 0.1) is 5.60 Å². The summed E-state index contributed by atoms with van der Waals surface area (Å²) >= 11 is 0. The fourth-order valence-corrected chi connectivity index (χ4v) is 3.22. The van der Waals surface area contributed by atoms with Gasteiger partial charge in [-0.1, -0.05) is 30.3 Å². The van der Waals surface area contributed by atoms with Crippen LogP contribution in [0.4, 0.5) is 0 Å². The van der Waals surface area contributed by atoms with Crippen LogP contribution in [-0.4, -0.2) is 11.9 Å². The first-order valence-corrected chi connectivity index (χ1v) is 7.41. The Kier molecular flexibility index (Phi) is 2.93. The van der Waals surface area contributed by atoms with Gasteiger partial charge in [-0.25, -0.2) is 0 Å². The Hall–Kier alpha value is -2.04. The number of rotatable bonds is 2. The van der Waals surface area contributed by atoms with Crippen LogP contribution in [0.15, 0.2) is 42.5 Å². The molecule has 0 amide bonds. The molecule has 0 saturated carbocycles. The lowest BCUT2D eigenvalue weighted by Gasteiger charge is -2.23. The maximum Gasteiger partial charge on any atom is 0.231 e. The predicted octanol–water partition coefficient (Wildman–Crippen LogP) is 3.46. The average Bonchev–Trinajstić information content (AvgIpc) is 3.08. The van der Waals surface area contributed by atoms with Gasteiger partial charge in [-0.2, -0.15) is 0 Å². The normalized spacial score (nSPS) is 22.4. The molecular formula is C18H18O4. The molecule has 4 heteroatoms. The van der Waals surface area contributed by atoms with Crippen LogP contribution in [0.5, 0.6) is 11.5 Å². The predicted molar refractivity (Wildman–Crippen MR) is 80.8 cm³/mol. The number of aliphatic hydroxyl groups excluding tert-OH is 1. The van der Waals surface area contributed by atoms with E-state index in [0.29, 0.717) is 5.75 Å². The number of hydrogen-bond acceptors (Lipinski definition) is 4. The van der Waals surface area contributed by atoms with Crippen LogP contribution in [0.3, 0.4) is 0 Å².